The van der Waals surface area contributed by atoms with Crippen LogP contribution in [0.4, 0.5) is 0 Å². The van der Waals surface area contributed by atoms with Gasteiger partial charge in [0.25, 0.3) is 0 Å². The summed E-state index contributed by atoms with van der Waals surface area (Å²) in [6.45, 7) is 1.80. The number of hydrogen-bond acceptors (Lipinski definition) is 1. The molecule has 1 aromatic heterocycles. The number of aryl methyl sites for hydroxylation is 1. The van der Waals surface area contributed by atoms with E-state index in [9.17, 15) is 5.11 Å². The summed E-state index contributed by atoms with van der Waals surface area (Å²) in [4.78, 5) is 4.14. The molecule has 2 nitrogen and oxygen atoms in total. The van der Waals surface area contributed by atoms with Crippen LogP contribution in [0.1, 0.15) is 5.56 Å². The third-order valence-corrected chi connectivity index (χ3v) is 1.98. The SMILES string of the molecule is Cc1c([O])ccc2cccnc12. The van der Waals surface area contributed by atoms with Crippen molar-refractivity contribution in [3.8, 4) is 5.75 Å². The Labute approximate surface area is 70.5 Å². The van der Waals surface area contributed by atoms with E-state index in [0.717, 1.165) is 16.5 Å². The summed E-state index contributed by atoms with van der Waals surface area (Å²) in [7, 11) is 0. The predicted octanol–water partition coefficient (Wildman–Crippen LogP) is 2.69. The molecule has 0 aliphatic rings. The topological polar surface area (TPSA) is 32.8 Å². The van der Waals surface area contributed by atoms with Gasteiger partial charge < -0.3 is 0 Å². The summed E-state index contributed by atoms with van der Waals surface area (Å²) in [5.41, 5.74) is 1.54. The monoisotopic (exact) mass is 158 g/mol. The van der Waals surface area contributed by atoms with Crippen molar-refractivity contribution < 1.29 is 5.11 Å². The first-order chi connectivity index (χ1) is 5.79. The van der Waals surface area contributed by atoms with Gasteiger partial charge in [0.15, 0.2) is 5.75 Å². The maximum Gasteiger partial charge on any atom is 0.183 e. The Hall–Kier alpha value is -1.57. The minimum Gasteiger partial charge on any atom is -0.290 e. The lowest BCUT2D eigenvalue weighted by Crippen LogP contribution is -1.81. The van der Waals surface area contributed by atoms with Crippen molar-refractivity contribution in [1.82, 2.24) is 4.98 Å². The average Bonchev–Trinajstić information content (AvgIpc) is 2.12. The normalized spacial score (nSPS) is 10.4. The van der Waals surface area contributed by atoms with Crippen LogP contribution < -0.4 is 0 Å². The molecule has 0 saturated heterocycles. The molecule has 2 rings (SSSR count). The van der Waals surface area contributed by atoms with Gasteiger partial charge in [-0.2, -0.15) is 0 Å². The second-order valence-corrected chi connectivity index (χ2v) is 2.76. The molecule has 0 fully saturated rings. The summed E-state index contributed by atoms with van der Waals surface area (Å²) in [5, 5.41) is 12.2. The molecule has 0 spiro atoms. The van der Waals surface area contributed by atoms with E-state index in [-0.39, 0.29) is 5.75 Å². The standard InChI is InChI=1S/C10H8NO/c1-7-9(12)5-4-8-3-2-6-11-10(7)8/h2-6H,1H3. The van der Waals surface area contributed by atoms with Crippen LogP contribution in [0.2, 0.25) is 0 Å². The number of rotatable bonds is 0. The summed E-state index contributed by atoms with van der Waals surface area (Å²) in [6.07, 6.45) is 1.70. The summed E-state index contributed by atoms with van der Waals surface area (Å²) < 4.78 is 0. The minimum atomic E-state index is 0.0567. The van der Waals surface area contributed by atoms with Crippen LogP contribution in [0.15, 0.2) is 30.5 Å². The number of fused-ring (bicyclic) bond motifs is 1. The van der Waals surface area contributed by atoms with Crippen LogP contribution in [0, 0.1) is 6.92 Å². The number of benzene rings is 1. The van der Waals surface area contributed by atoms with Gasteiger partial charge in [-0.25, -0.2) is 0 Å². The molecule has 12 heavy (non-hydrogen) atoms. The number of nitrogens with zero attached hydrogens (tertiary/aromatic N) is 1. The second-order valence-electron chi connectivity index (χ2n) is 2.76. The van der Waals surface area contributed by atoms with E-state index in [1.54, 1.807) is 25.3 Å². The van der Waals surface area contributed by atoms with E-state index < -0.39 is 0 Å². The quantitative estimate of drug-likeness (QED) is 0.580. The zero-order valence-electron chi connectivity index (χ0n) is 6.74. The molecule has 59 valence electrons. The number of aromatic nitrogens is 1. The maximum absolute atomic E-state index is 11.2. The van der Waals surface area contributed by atoms with Gasteiger partial charge in [0.2, 0.25) is 0 Å². The van der Waals surface area contributed by atoms with E-state index in [4.69, 9.17) is 0 Å². The second kappa shape index (κ2) is 2.48. The van der Waals surface area contributed by atoms with Crippen molar-refractivity contribution in [2.45, 2.75) is 6.92 Å². The van der Waals surface area contributed by atoms with Crippen molar-refractivity contribution in [1.29, 1.82) is 0 Å². The largest absolute Gasteiger partial charge is 0.290 e. The van der Waals surface area contributed by atoms with Gasteiger partial charge in [-0.1, -0.05) is 6.07 Å². The summed E-state index contributed by atoms with van der Waals surface area (Å²) >= 11 is 0. The van der Waals surface area contributed by atoms with Crippen molar-refractivity contribution in [2.75, 3.05) is 0 Å². The van der Waals surface area contributed by atoms with Crippen molar-refractivity contribution in [3.05, 3.63) is 36.0 Å². The average molecular weight is 158 g/mol. The lowest BCUT2D eigenvalue weighted by molar-refractivity contribution is 0.352. The highest BCUT2D eigenvalue weighted by Gasteiger charge is 2.02. The Kier molecular flexibility index (Phi) is 1.47. The van der Waals surface area contributed by atoms with Crippen LogP contribution >= 0.6 is 0 Å². The highest BCUT2D eigenvalue weighted by atomic mass is 16.3. The highest BCUT2D eigenvalue weighted by molar-refractivity contribution is 5.83. The zero-order valence-corrected chi connectivity index (χ0v) is 6.74. The number of hydrogen-bond donors (Lipinski definition) is 0. The van der Waals surface area contributed by atoms with Gasteiger partial charge in [0.1, 0.15) is 0 Å². The van der Waals surface area contributed by atoms with Gasteiger partial charge in [0.05, 0.1) is 5.52 Å². The van der Waals surface area contributed by atoms with Gasteiger partial charge in [0, 0.05) is 17.1 Å². The molecule has 0 amide bonds. The predicted molar refractivity (Wildman–Crippen MR) is 46.6 cm³/mol. The lowest BCUT2D eigenvalue weighted by Gasteiger charge is -1.99. The summed E-state index contributed by atoms with van der Waals surface area (Å²) in [6, 6.07) is 7.21. The first kappa shape index (κ1) is 7.10. The Bertz CT molecular complexity index is 423. The lowest BCUT2D eigenvalue weighted by atomic mass is 10.1. The fraction of sp³-hybridized carbons (Fsp3) is 0.100. The first-order valence-corrected chi connectivity index (χ1v) is 3.80. The molecular formula is C10H8NO. The van der Waals surface area contributed by atoms with Gasteiger partial charge in [-0.3, -0.25) is 10.1 Å². The molecule has 0 unspecified atom stereocenters. The Morgan fingerprint density at radius 3 is 2.92 bits per heavy atom. The van der Waals surface area contributed by atoms with Gasteiger partial charge >= 0.3 is 0 Å². The van der Waals surface area contributed by atoms with E-state index in [2.05, 4.69) is 4.98 Å². The van der Waals surface area contributed by atoms with Crippen LogP contribution in [0.25, 0.3) is 10.9 Å². The molecule has 0 aliphatic heterocycles. The zero-order chi connectivity index (χ0) is 8.55. The number of pyridine rings is 1. The molecule has 1 heterocycles. The molecule has 2 aromatic rings. The Morgan fingerprint density at radius 1 is 1.25 bits per heavy atom. The van der Waals surface area contributed by atoms with Crippen LogP contribution in [0.5, 0.6) is 5.75 Å². The molecule has 1 radical (unpaired) electrons. The molecule has 0 bridgehead atoms. The molecule has 1 aromatic carbocycles. The fourth-order valence-electron chi connectivity index (χ4n) is 1.27. The minimum absolute atomic E-state index is 0.0567. The third kappa shape index (κ3) is 0.925. The molecule has 0 saturated carbocycles. The van der Waals surface area contributed by atoms with Crippen LogP contribution in [-0.4, -0.2) is 4.98 Å². The van der Waals surface area contributed by atoms with Gasteiger partial charge in [-0.15, -0.1) is 0 Å². The van der Waals surface area contributed by atoms with E-state index in [1.807, 2.05) is 12.1 Å². The first-order valence-electron chi connectivity index (χ1n) is 3.80. The van der Waals surface area contributed by atoms with E-state index in [0.29, 0.717) is 0 Å². The van der Waals surface area contributed by atoms with E-state index >= 15 is 0 Å². The molecule has 0 N–H and O–H groups in total. The summed E-state index contributed by atoms with van der Waals surface area (Å²) in [5.74, 6) is 0.0567. The van der Waals surface area contributed by atoms with Crippen LogP contribution in [0.3, 0.4) is 0 Å². The highest BCUT2D eigenvalue weighted by Crippen LogP contribution is 2.24. The Balaban J connectivity index is 2.91. The van der Waals surface area contributed by atoms with Crippen molar-refractivity contribution >= 4 is 10.9 Å². The molecule has 0 atom stereocenters. The van der Waals surface area contributed by atoms with Crippen molar-refractivity contribution in [2.24, 2.45) is 0 Å². The third-order valence-electron chi connectivity index (χ3n) is 1.98. The Morgan fingerprint density at radius 2 is 2.08 bits per heavy atom. The van der Waals surface area contributed by atoms with Crippen molar-refractivity contribution in [3.63, 3.8) is 0 Å². The van der Waals surface area contributed by atoms with Crippen LogP contribution in [-0.2, 0) is 5.11 Å². The molecule has 0 aliphatic carbocycles. The maximum atomic E-state index is 11.2. The van der Waals surface area contributed by atoms with E-state index in [1.165, 1.54) is 0 Å². The molecular weight excluding hydrogens is 150 g/mol. The molecule has 2 heteroatoms. The smallest absolute Gasteiger partial charge is 0.183 e. The van der Waals surface area contributed by atoms with Gasteiger partial charge in [-0.05, 0) is 25.1 Å². The fourth-order valence-corrected chi connectivity index (χ4v) is 1.27.